The van der Waals surface area contributed by atoms with Crippen molar-refractivity contribution in [2.75, 3.05) is 27.3 Å². The number of unbranched alkanes of at least 4 members (excludes halogenated alkanes) is 9. The van der Waals surface area contributed by atoms with Gasteiger partial charge < -0.3 is 14.0 Å². The van der Waals surface area contributed by atoms with Gasteiger partial charge in [-0.15, -0.1) is 0 Å². The van der Waals surface area contributed by atoms with Crippen LogP contribution in [0.3, 0.4) is 0 Å². The van der Waals surface area contributed by atoms with Gasteiger partial charge in [-0.25, -0.2) is 4.79 Å². The maximum atomic E-state index is 12.6. The average Bonchev–Trinajstić information content (AvgIpc) is 2.88. The van der Waals surface area contributed by atoms with Gasteiger partial charge in [0.05, 0.1) is 14.1 Å². The molecule has 0 radical (unpaired) electrons. The van der Waals surface area contributed by atoms with Crippen molar-refractivity contribution in [1.82, 2.24) is 0 Å². The molecular weight excluding hydrogens is 446 g/mol. The predicted octanol–water partition coefficient (Wildman–Crippen LogP) is 7.74. The molecule has 0 spiro atoms. The lowest BCUT2D eigenvalue weighted by atomic mass is 10.0. The number of carbonyl (C=O) groups excluding carboxylic acids is 1. The highest BCUT2D eigenvalue weighted by molar-refractivity contribution is 5.74. The van der Waals surface area contributed by atoms with Gasteiger partial charge in [-0.3, -0.25) is 0 Å². The molecule has 36 heavy (non-hydrogen) atoms. The normalized spacial score (nSPS) is 12.3. The van der Waals surface area contributed by atoms with Crippen LogP contribution in [-0.4, -0.2) is 43.8 Å². The molecule has 2 rings (SSSR count). The third-order valence-corrected chi connectivity index (χ3v) is 7.16. The van der Waals surface area contributed by atoms with Gasteiger partial charge in [-0.1, -0.05) is 107 Å². The molecule has 0 aliphatic rings. The second-order valence-electron chi connectivity index (χ2n) is 10.7. The second-order valence-corrected chi connectivity index (χ2v) is 10.7. The zero-order valence-corrected chi connectivity index (χ0v) is 23.3. The third-order valence-electron chi connectivity index (χ3n) is 7.16. The quantitative estimate of drug-likeness (QED) is 0.113. The molecule has 200 valence electrons. The van der Waals surface area contributed by atoms with E-state index in [0.717, 1.165) is 18.7 Å². The topological polar surface area (TPSA) is 35.5 Å². The van der Waals surface area contributed by atoms with Gasteiger partial charge in [0.2, 0.25) is 0 Å². The number of rotatable bonds is 19. The van der Waals surface area contributed by atoms with Crippen molar-refractivity contribution >= 4 is 5.97 Å². The Morgan fingerprint density at radius 2 is 1.33 bits per heavy atom. The lowest BCUT2D eigenvalue weighted by Gasteiger charge is -2.34. The van der Waals surface area contributed by atoms with Gasteiger partial charge in [-0.05, 0) is 37.5 Å². The number of benzene rings is 2. The summed E-state index contributed by atoms with van der Waals surface area (Å²) in [6.45, 7) is 5.60. The molecular formula is C32H50NO3+. The van der Waals surface area contributed by atoms with E-state index in [1.165, 1.54) is 75.3 Å². The first-order valence-corrected chi connectivity index (χ1v) is 14.2. The monoisotopic (exact) mass is 496 g/mol. The average molecular weight is 497 g/mol. The van der Waals surface area contributed by atoms with Crippen LogP contribution in [0.1, 0.15) is 89.2 Å². The maximum Gasteiger partial charge on any atom is 0.364 e. The zero-order valence-electron chi connectivity index (χ0n) is 23.3. The molecule has 1 atom stereocenters. The number of nitrogens with zero attached hydrogens (tertiary/aromatic N) is 1. The Bertz CT molecular complexity index is 832. The molecule has 0 fully saturated rings. The van der Waals surface area contributed by atoms with E-state index in [0.29, 0.717) is 11.1 Å². The van der Waals surface area contributed by atoms with Crippen LogP contribution >= 0.6 is 0 Å². The molecule has 0 saturated carbocycles. The molecule has 0 aliphatic carbocycles. The second kappa shape index (κ2) is 17.2. The van der Waals surface area contributed by atoms with E-state index in [1.807, 2.05) is 37.3 Å². The van der Waals surface area contributed by atoms with E-state index < -0.39 is 0 Å². The molecule has 2 aromatic rings. The summed E-state index contributed by atoms with van der Waals surface area (Å²) < 4.78 is 11.9. The lowest BCUT2D eigenvalue weighted by molar-refractivity contribution is -0.917. The minimum absolute atomic E-state index is 0.189. The Hall–Kier alpha value is -2.33. The highest BCUT2D eigenvalue weighted by atomic mass is 16.6. The van der Waals surface area contributed by atoms with Crippen molar-refractivity contribution in [3.05, 3.63) is 65.7 Å². The third kappa shape index (κ3) is 12.1. The van der Waals surface area contributed by atoms with Crippen LogP contribution in [-0.2, 0) is 22.5 Å². The molecule has 0 saturated heterocycles. The number of hydrogen-bond donors (Lipinski definition) is 0. The van der Waals surface area contributed by atoms with Crippen LogP contribution in [0, 0.1) is 0 Å². The van der Waals surface area contributed by atoms with Crippen molar-refractivity contribution in [1.29, 1.82) is 0 Å². The molecule has 4 nitrogen and oxygen atoms in total. The van der Waals surface area contributed by atoms with Gasteiger partial charge in [-0.2, -0.15) is 0 Å². The van der Waals surface area contributed by atoms with Crippen LogP contribution in [0.25, 0.3) is 0 Å². The minimum Gasteiger partial charge on any atom is -0.490 e. The summed E-state index contributed by atoms with van der Waals surface area (Å²) in [7, 11) is 4.12. The summed E-state index contributed by atoms with van der Waals surface area (Å²) in [5, 5.41) is 0. The van der Waals surface area contributed by atoms with Gasteiger partial charge in [0, 0.05) is 5.56 Å². The van der Waals surface area contributed by atoms with Crippen LogP contribution < -0.4 is 4.74 Å². The first kappa shape index (κ1) is 29.9. The Kier molecular flexibility index (Phi) is 14.3. The fraction of sp³-hybridized carbons (Fsp3) is 0.594. The highest BCUT2D eigenvalue weighted by Crippen LogP contribution is 2.17. The number of ether oxygens (including phenoxy) is 2. The van der Waals surface area contributed by atoms with E-state index in [9.17, 15) is 4.79 Å². The smallest absolute Gasteiger partial charge is 0.364 e. The Labute approximate surface area is 220 Å². The van der Waals surface area contributed by atoms with Crippen molar-refractivity contribution < 1.29 is 18.8 Å². The fourth-order valence-corrected chi connectivity index (χ4v) is 4.47. The Morgan fingerprint density at radius 1 is 0.750 bits per heavy atom. The lowest BCUT2D eigenvalue weighted by Crippen LogP contribution is -2.51. The molecule has 0 N–H and O–H groups in total. The molecule has 2 aromatic carbocycles. The van der Waals surface area contributed by atoms with Crippen LogP contribution in [0.2, 0.25) is 0 Å². The highest BCUT2D eigenvalue weighted by Gasteiger charge is 2.32. The molecule has 0 aliphatic heterocycles. The maximum absolute atomic E-state index is 12.6. The fourth-order valence-electron chi connectivity index (χ4n) is 4.47. The standard InChI is InChI=1S/C32H50NO3/c1-5-6-7-8-9-10-11-12-13-15-18-29-21-23-31(24-22-29)35-25-26-36-32(34)28(2)33(3,4)27-30-19-16-14-17-20-30/h14,16-17,19-24,28H,5-13,15,18,25-27H2,1-4H3/q+1. The van der Waals surface area contributed by atoms with Gasteiger partial charge in [0.1, 0.15) is 25.5 Å². The Morgan fingerprint density at radius 3 is 1.94 bits per heavy atom. The van der Waals surface area contributed by atoms with Crippen molar-refractivity contribution in [2.24, 2.45) is 0 Å². The molecule has 1 unspecified atom stereocenters. The first-order valence-electron chi connectivity index (χ1n) is 14.2. The molecule has 0 aromatic heterocycles. The SMILES string of the molecule is CCCCCCCCCCCCc1ccc(OCCOC(=O)C(C)[N+](C)(C)Cc2ccccc2)cc1. The summed E-state index contributed by atoms with van der Waals surface area (Å²) in [5.74, 6) is 0.637. The summed E-state index contributed by atoms with van der Waals surface area (Å²) in [6.07, 6.45) is 14.8. The van der Waals surface area contributed by atoms with Crippen molar-refractivity contribution in [3.63, 3.8) is 0 Å². The summed E-state index contributed by atoms with van der Waals surface area (Å²) in [6, 6.07) is 18.3. The summed E-state index contributed by atoms with van der Waals surface area (Å²) >= 11 is 0. The molecule has 0 amide bonds. The number of esters is 1. The summed E-state index contributed by atoms with van der Waals surface area (Å²) in [5.41, 5.74) is 2.57. The largest absolute Gasteiger partial charge is 0.490 e. The van der Waals surface area contributed by atoms with E-state index in [2.05, 4.69) is 45.3 Å². The number of quaternary nitrogens is 1. The zero-order chi connectivity index (χ0) is 26.1. The van der Waals surface area contributed by atoms with Crippen LogP contribution in [0.4, 0.5) is 0 Å². The Balaban J connectivity index is 1.56. The van der Waals surface area contributed by atoms with Crippen LogP contribution in [0.15, 0.2) is 54.6 Å². The molecule has 4 heteroatoms. The van der Waals surface area contributed by atoms with E-state index in [4.69, 9.17) is 9.47 Å². The number of carbonyl (C=O) groups is 1. The van der Waals surface area contributed by atoms with E-state index in [1.54, 1.807) is 0 Å². The van der Waals surface area contributed by atoms with Crippen molar-refractivity contribution in [2.45, 2.75) is 97.1 Å². The van der Waals surface area contributed by atoms with Gasteiger partial charge in [0.15, 0.2) is 6.04 Å². The van der Waals surface area contributed by atoms with Gasteiger partial charge in [0.25, 0.3) is 0 Å². The number of likely N-dealkylation sites (N-methyl/N-ethyl adjacent to an activating group) is 1. The minimum atomic E-state index is -0.254. The predicted molar refractivity (Wildman–Crippen MR) is 150 cm³/mol. The first-order chi connectivity index (χ1) is 17.4. The van der Waals surface area contributed by atoms with E-state index >= 15 is 0 Å². The van der Waals surface area contributed by atoms with Gasteiger partial charge >= 0.3 is 5.97 Å². The molecule has 0 bridgehead atoms. The van der Waals surface area contributed by atoms with E-state index in [-0.39, 0.29) is 18.6 Å². The summed E-state index contributed by atoms with van der Waals surface area (Å²) in [4.78, 5) is 12.6. The molecule has 0 heterocycles. The number of hydrogen-bond acceptors (Lipinski definition) is 3. The number of aryl methyl sites for hydroxylation is 1. The van der Waals surface area contributed by atoms with Crippen LogP contribution in [0.5, 0.6) is 5.75 Å². The van der Waals surface area contributed by atoms with Crippen molar-refractivity contribution in [3.8, 4) is 5.75 Å².